The highest BCUT2D eigenvalue weighted by Crippen LogP contribution is 2.25. The maximum Gasteiger partial charge on any atom is 0.276 e. The van der Waals surface area contributed by atoms with Gasteiger partial charge in [0.25, 0.3) is 5.56 Å². The third-order valence-electron chi connectivity index (χ3n) is 5.14. The van der Waals surface area contributed by atoms with Crippen molar-refractivity contribution in [1.82, 2.24) is 19.5 Å². The predicted octanol–water partition coefficient (Wildman–Crippen LogP) is 5.74. The molecule has 0 aliphatic rings. The number of benzene rings is 2. The standard InChI is InChI=1S/C25H21BrF2N4O2/c1-14(2)23-29-10-9-21(31-23)16-5-4-6-19(11-16)32-15(3)30-24(22(26)25(32)33)34-13-17-7-8-18(27)12-20(17)28/h4-12,14H,13H2,1-3H3. The van der Waals surface area contributed by atoms with Gasteiger partial charge in [0.2, 0.25) is 5.88 Å². The van der Waals surface area contributed by atoms with Crippen LogP contribution in [0.25, 0.3) is 16.9 Å². The van der Waals surface area contributed by atoms with E-state index in [1.54, 1.807) is 19.2 Å². The Kier molecular flexibility index (Phi) is 6.83. The predicted molar refractivity (Wildman–Crippen MR) is 128 cm³/mol. The average Bonchev–Trinajstić information content (AvgIpc) is 2.82. The van der Waals surface area contributed by atoms with Crippen LogP contribution in [0.5, 0.6) is 5.88 Å². The molecule has 0 unspecified atom stereocenters. The molecule has 0 spiro atoms. The molecule has 2 heterocycles. The summed E-state index contributed by atoms with van der Waals surface area (Å²) >= 11 is 3.26. The summed E-state index contributed by atoms with van der Waals surface area (Å²) in [6.45, 7) is 5.51. The second-order valence-corrected chi connectivity index (χ2v) is 8.74. The van der Waals surface area contributed by atoms with Crippen molar-refractivity contribution in [2.75, 3.05) is 0 Å². The summed E-state index contributed by atoms with van der Waals surface area (Å²) in [6.07, 6.45) is 1.72. The summed E-state index contributed by atoms with van der Waals surface area (Å²) in [7, 11) is 0. The fraction of sp³-hybridized carbons (Fsp3) is 0.200. The van der Waals surface area contributed by atoms with Crippen molar-refractivity contribution in [2.45, 2.75) is 33.3 Å². The summed E-state index contributed by atoms with van der Waals surface area (Å²) in [5, 5.41) is 0. The summed E-state index contributed by atoms with van der Waals surface area (Å²) < 4.78 is 34.2. The van der Waals surface area contributed by atoms with E-state index in [9.17, 15) is 13.6 Å². The first kappa shape index (κ1) is 23.7. The van der Waals surface area contributed by atoms with Gasteiger partial charge < -0.3 is 4.74 Å². The lowest BCUT2D eigenvalue weighted by molar-refractivity contribution is 0.283. The summed E-state index contributed by atoms with van der Waals surface area (Å²) in [4.78, 5) is 26.5. The molecule has 0 aliphatic heterocycles. The molecule has 4 aromatic rings. The number of hydrogen-bond donors (Lipinski definition) is 0. The van der Waals surface area contributed by atoms with Gasteiger partial charge in [0.15, 0.2) is 0 Å². The van der Waals surface area contributed by atoms with Crippen LogP contribution in [0.3, 0.4) is 0 Å². The van der Waals surface area contributed by atoms with Crippen LogP contribution in [0.15, 0.2) is 64.0 Å². The van der Waals surface area contributed by atoms with Crippen LogP contribution in [0, 0.1) is 18.6 Å². The molecular weight excluding hydrogens is 506 g/mol. The van der Waals surface area contributed by atoms with E-state index in [-0.39, 0.29) is 34.0 Å². The molecule has 0 atom stereocenters. The minimum Gasteiger partial charge on any atom is -0.472 e. The number of aryl methyl sites for hydroxylation is 1. The van der Waals surface area contributed by atoms with Crippen LogP contribution in [0.1, 0.15) is 37.0 Å². The first-order valence-corrected chi connectivity index (χ1v) is 11.3. The summed E-state index contributed by atoms with van der Waals surface area (Å²) in [5.41, 5.74) is 1.95. The van der Waals surface area contributed by atoms with Crippen LogP contribution in [-0.4, -0.2) is 19.5 Å². The first-order valence-electron chi connectivity index (χ1n) is 10.5. The number of aromatic nitrogens is 4. The summed E-state index contributed by atoms with van der Waals surface area (Å²) in [5.74, 6) is -0.0858. The number of rotatable bonds is 6. The van der Waals surface area contributed by atoms with Crippen LogP contribution in [0.2, 0.25) is 0 Å². The van der Waals surface area contributed by atoms with Crippen molar-refractivity contribution in [3.8, 4) is 22.8 Å². The number of nitrogens with zero attached hydrogens (tertiary/aromatic N) is 4. The highest BCUT2D eigenvalue weighted by Gasteiger charge is 2.17. The monoisotopic (exact) mass is 526 g/mol. The van der Waals surface area contributed by atoms with E-state index in [2.05, 4.69) is 30.9 Å². The molecule has 0 fully saturated rings. The first-order chi connectivity index (χ1) is 16.2. The van der Waals surface area contributed by atoms with E-state index in [1.807, 2.05) is 38.1 Å². The molecule has 0 saturated heterocycles. The van der Waals surface area contributed by atoms with Crippen molar-refractivity contribution in [3.05, 3.63) is 98.4 Å². The van der Waals surface area contributed by atoms with E-state index in [0.717, 1.165) is 29.2 Å². The Morgan fingerprint density at radius 1 is 1.09 bits per heavy atom. The molecule has 0 radical (unpaired) electrons. The SMILES string of the molecule is Cc1nc(OCc2ccc(F)cc2F)c(Br)c(=O)n1-c1cccc(-c2ccnc(C(C)C)n2)c1. The van der Waals surface area contributed by atoms with Crippen molar-refractivity contribution in [3.63, 3.8) is 0 Å². The smallest absolute Gasteiger partial charge is 0.276 e. The van der Waals surface area contributed by atoms with E-state index in [0.29, 0.717) is 11.5 Å². The Balaban J connectivity index is 1.67. The molecule has 0 saturated carbocycles. The molecule has 0 aliphatic carbocycles. The van der Waals surface area contributed by atoms with Crippen molar-refractivity contribution < 1.29 is 13.5 Å². The van der Waals surface area contributed by atoms with Crippen LogP contribution >= 0.6 is 15.9 Å². The fourth-order valence-corrected chi connectivity index (χ4v) is 3.76. The zero-order valence-corrected chi connectivity index (χ0v) is 20.3. The second-order valence-electron chi connectivity index (χ2n) is 7.95. The van der Waals surface area contributed by atoms with Gasteiger partial charge in [0, 0.05) is 29.3 Å². The van der Waals surface area contributed by atoms with Crippen LogP contribution in [0.4, 0.5) is 8.78 Å². The number of ether oxygens (including phenoxy) is 1. The minimum absolute atomic E-state index is 0.0241. The van der Waals surface area contributed by atoms with Crippen molar-refractivity contribution >= 4 is 15.9 Å². The Bertz CT molecular complexity index is 1420. The molecular formula is C25H21BrF2N4O2. The van der Waals surface area contributed by atoms with Gasteiger partial charge in [-0.05, 0) is 53.2 Å². The van der Waals surface area contributed by atoms with Gasteiger partial charge in [0.1, 0.15) is 34.4 Å². The third-order valence-corrected chi connectivity index (χ3v) is 5.81. The van der Waals surface area contributed by atoms with E-state index < -0.39 is 11.6 Å². The molecule has 0 N–H and O–H groups in total. The maximum absolute atomic E-state index is 13.9. The van der Waals surface area contributed by atoms with Crippen molar-refractivity contribution in [2.24, 2.45) is 0 Å². The van der Waals surface area contributed by atoms with Gasteiger partial charge in [-0.2, -0.15) is 4.98 Å². The zero-order chi connectivity index (χ0) is 24.4. The average molecular weight is 527 g/mol. The third kappa shape index (κ3) is 4.89. The summed E-state index contributed by atoms with van der Waals surface area (Å²) in [6, 6.07) is 12.4. The van der Waals surface area contributed by atoms with Crippen LogP contribution < -0.4 is 10.3 Å². The number of halogens is 3. The Labute approximate surface area is 203 Å². The lowest BCUT2D eigenvalue weighted by atomic mass is 10.1. The topological polar surface area (TPSA) is 69.9 Å². The lowest BCUT2D eigenvalue weighted by Gasteiger charge is -2.14. The Morgan fingerprint density at radius 2 is 1.88 bits per heavy atom. The van der Waals surface area contributed by atoms with Gasteiger partial charge in [-0.1, -0.05) is 26.0 Å². The van der Waals surface area contributed by atoms with E-state index in [1.165, 1.54) is 10.6 Å². The molecule has 4 rings (SSSR count). The molecule has 2 aromatic heterocycles. The van der Waals surface area contributed by atoms with Gasteiger partial charge >= 0.3 is 0 Å². The quantitative estimate of drug-likeness (QED) is 0.320. The number of hydrogen-bond acceptors (Lipinski definition) is 5. The van der Waals surface area contributed by atoms with Crippen molar-refractivity contribution in [1.29, 1.82) is 0 Å². The largest absolute Gasteiger partial charge is 0.472 e. The lowest BCUT2D eigenvalue weighted by Crippen LogP contribution is -2.24. The molecule has 174 valence electrons. The maximum atomic E-state index is 13.9. The van der Waals surface area contributed by atoms with Gasteiger partial charge in [-0.25, -0.2) is 18.7 Å². The van der Waals surface area contributed by atoms with E-state index in [4.69, 9.17) is 4.74 Å². The van der Waals surface area contributed by atoms with Gasteiger partial charge in [-0.15, -0.1) is 0 Å². The highest BCUT2D eigenvalue weighted by atomic mass is 79.9. The van der Waals surface area contributed by atoms with Gasteiger partial charge in [-0.3, -0.25) is 9.36 Å². The normalized spacial score (nSPS) is 11.1. The molecule has 9 heteroatoms. The molecule has 34 heavy (non-hydrogen) atoms. The molecule has 2 aromatic carbocycles. The second kappa shape index (κ2) is 9.80. The highest BCUT2D eigenvalue weighted by molar-refractivity contribution is 9.10. The van der Waals surface area contributed by atoms with Gasteiger partial charge in [0.05, 0.1) is 11.4 Å². The molecule has 0 bridgehead atoms. The Hall–Kier alpha value is -3.46. The molecule has 6 nitrogen and oxygen atoms in total. The minimum atomic E-state index is -0.733. The molecule has 0 amide bonds. The van der Waals surface area contributed by atoms with Crippen LogP contribution in [-0.2, 0) is 6.61 Å². The van der Waals surface area contributed by atoms with E-state index >= 15 is 0 Å². The zero-order valence-electron chi connectivity index (χ0n) is 18.7. The fourth-order valence-electron chi connectivity index (χ4n) is 3.38. The Morgan fingerprint density at radius 3 is 2.62 bits per heavy atom.